The van der Waals surface area contributed by atoms with Gasteiger partial charge in [0.1, 0.15) is 0 Å². The molecule has 0 saturated heterocycles. The highest BCUT2D eigenvalue weighted by molar-refractivity contribution is 9.10. The van der Waals surface area contributed by atoms with Gasteiger partial charge >= 0.3 is 0 Å². The van der Waals surface area contributed by atoms with Crippen LogP contribution in [-0.2, 0) is 6.42 Å². The summed E-state index contributed by atoms with van der Waals surface area (Å²) < 4.78 is 0.995. The van der Waals surface area contributed by atoms with E-state index in [1.165, 1.54) is 5.56 Å². The van der Waals surface area contributed by atoms with Crippen molar-refractivity contribution in [3.8, 4) is 0 Å². The molecule has 2 aromatic rings. The third kappa shape index (κ3) is 3.85. The zero-order valence-corrected chi connectivity index (χ0v) is 13.9. The Balaban J connectivity index is 2.15. The lowest BCUT2D eigenvalue weighted by molar-refractivity contribution is 0.515. The lowest BCUT2D eigenvalue weighted by Gasteiger charge is -2.23. The quantitative estimate of drug-likeness (QED) is 0.789. The van der Waals surface area contributed by atoms with Crippen molar-refractivity contribution in [3.63, 3.8) is 0 Å². The molecule has 0 bridgehead atoms. The molecule has 2 unspecified atom stereocenters. The van der Waals surface area contributed by atoms with E-state index in [0.29, 0.717) is 5.92 Å². The van der Waals surface area contributed by atoms with E-state index in [2.05, 4.69) is 47.1 Å². The molecule has 2 N–H and O–H groups in total. The van der Waals surface area contributed by atoms with Crippen LogP contribution in [-0.4, -0.2) is 6.04 Å². The molecular weight excluding hydrogens is 334 g/mol. The minimum absolute atomic E-state index is 0.0704. The van der Waals surface area contributed by atoms with E-state index < -0.39 is 0 Å². The number of benzene rings is 2. The van der Waals surface area contributed by atoms with Gasteiger partial charge in [-0.3, -0.25) is 0 Å². The molecule has 0 aliphatic heterocycles. The molecule has 2 aromatic carbocycles. The third-order valence-electron chi connectivity index (χ3n) is 3.66. The fraction of sp³-hybridized carbons (Fsp3) is 0.294. The molecule has 2 atom stereocenters. The van der Waals surface area contributed by atoms with Crippen LogP contribution in [0.3, 0.4) is 0 Å². The normalized spacial score (nSPS) is 14.0. The van der Waals surface area contributed by atoms with Gasteiger partial charge in [-0.2, -0.15) is 0 Å². The van der Waals surface area contributed by atoms with Crippen molar-refractivity contribution < 1.29 is 0 Å². The average molecular weight is 353 g/mol. The summed E-state index contributed by atoms with van der Waals surface area (Å²) >= 11 is 9.71. The molecule has 3 heteroatoms. The van der Waals surface area contributed by atoms with E-state index in [1.54, 1.807) is 0 Å². The van der Waals surface area contributed by atoms with E-state index in [4.69, 9.17) is 17.3 Å². The number of rotatable bonds is 5. The topological polar surface area (TPSA) is 26.0 Å². The van der Waals surface area contributed by atoms with Crippen molar-refractivity contribution in [2.45, 2.75) is 31.7 Å². The second-order valence-corrected chi connectivity index (χ2v) is 6.35. The molecule has 0 aromatic heterocycles. The van der Waals surface area contributed by atoms with E-state index in [9.17, 15) is 0 Å². The SMILES string of the molecule is CCC(c1ccccc1)C(N)Cc1ccc(Br)cc1Cl. The van der Waals surface area contributed by atoms with Crippen LogP contribution in [0.25, 0.3) is 0 Å². The second kappa shape index (κ2) is 7.26. The molecule has 106 valence electrons. The Bertz CT molecular complexity index is 556. The standard InChI is InChI=1S/C17H19BrClN/c1-2-15(12-6-4-3-5-7-12)17(20)10-13-8-9-14(18)11-16(13)19/h3-9,11,15,17H,2,10,20H2,1H3. The van der Waals surface area contributed by atoms with Gasteiger partial charge in [0.2, 0.25) is 0 Å². The molecule has 0 fully saturated rings. The smallest absolute Gasteiger partial charge is 0.0449 e. The van der Waals surface area contributed by atoms with Gasteiger partial charge in [0.25, 0.3) is 0 Å². The van der Waals surface area contributed by atoms with Crippen molar-refractivity contribution in [2.75, 3.05) is 0 Å². The van der Waals surface area contributed by atoms with Gasteiger partial charge in [-0.25, -0.2) is 0 Å². The Hall–Kier alpha value is -0.830. The van der Waals surface area contributed by atoms with Crippen LogP contribution in [0, 0.1) is 0 Å². The van der Waals surface area contributed by atoms with Crippen molar-refractivity contribution in [1.82, 2.24) is 0 Å². The molecule has 20 heavy (non-hydrogen) atoms. The number of hydrogen-bond donors (Lipinski definition) is 1. The zero-order chi connectivity index (χ0) is 14.5. The van der Waals surface area contributed by atoms with Gasteiger partial charge < -0.3 is 5.73 Å². The fourth-order valence-corrected chi connectivity index (χ4v) is 3.32. The first-order valence-electron chi connectivity index (χ1n) is 6.86. The minimum atomic E-state index is 0.0704. The summed E-state index contributed by atoms with van der Waals surface area (Å²) in [6.45, 7) is 2.18. The van der Waals surface area contributed by atoms with Gasteiger partial charge in [0.15, 0.2) is 0 Å². The first-order valence-corrected chi connectivity index (χ1v) is 8.03. The molecule has 0 aliphatic rings. The summed E-state index contributed by atoms with van der Waals surface area (Å²) in [6, 6.07) is 16.5. The van der Waals surface area contributed by atoms with Crippen molar-refractivity contribution in [3.05, 3.63) is 69.2 Å². The maximum atomic E-state index is 6.43. The summed E-state index contributed by atoms with van der Waals surface area (Å²) in [5, 5.41) is 0.776. The van der Waals surface area contributed by atoms with Crippen LogP contribution in [0.15, 0.2) is 53.0 Å². The van der Waals surface area contributed by atoms with Crippen LogP contribution in [0.5, 0.6) is 0 Å². The molecule has 0 saturated carbocycles. The first-order chi connectivity index (χ1) is 9.61. The highest BCUT2D eigenvalue weighted by atomic mass is 79.9. The van der Waals surface area contributed by atoms with E-state index >= 15 is 0 Å². The first kappa shape index (κ1) is 15.6. The maximum Gasteiger partial charge on any atom is 0.0449 e. The molecular formula is C17H19BrClN. The fourth-order valence-electron chi connectivity index (χ4n) is 2.57. The predicted octanol–water partition coefficient (Wildman–Crippen LogP) is 5.17. The lowest BCUT2D eigenvalue weighted by atomic mass is 9.86. The Labute approximate surface area is 134 Å². The lowest BCUT2D eigenvalue weighted by Crippen LogP contribution is -2.30. The predicted molar refractivity (Wildman–Crippen MR) is 90.3 cm³/mol. The summed E-state index contributed by atoms with van der Waals surface area (Å²) in [5.74, 6) is 0.357. The summed E-state index contributed by atoms with van der Waals surface area (Å²) in [6.07, 6.45) is 1.82. The van der Waals surface area contributed by atoms with Crippen LogP contribution in [0.2, 0.25) is 5.02 Å². The molecule has 0 aliphatic carbocycles. The minimum Gasteiger partial charge on any atom is -0.327 e. The number of hydrogen-bond acceptors (Lipinski definition) is 1. The largest absolute Gasteiger partial charge is 0.327 e. The Morgan fingerprint density at radius 2 is 1.85 bits per heavy atom. The summed E-state index contributed by atoms with van der Waals surface area (Å²) in [7, 11) is 0. The molecule has 1 nitrogen and oxygen atoms in total. The Morgan fingerprint density at radius 3 is 2.45 bits per heavy atom. The van der Waals surface area contributed by atoms with Gasteiger partial charge in [-0.05, 0) is 42.0 Å². The van der Waals surface area contributed by atoms with Crippen molar-refractivity contribution in [2.24, 2.45) is 5.73 Å². The summed E-state index contributed by atoms with van der Waals surface area (Å²) in [5.41, 5.74) is 8.84. The zero-order valence-electron chi connectivity index (χ0n) is 11.5. The monoisotopic (exact) mass is 351 g/mol. The van der Waals surface area contributed by atoms with Crippen LogP contribution in [0.1, 0.15) is 30.4 Å². The van der Waals surface area contributed by atoms with Crippen molar-refractivity contribution in [1.29, 1.82) is 0 Å². The summed E-state index contributed by atoms with van der Waals surface area (Å²) in [4.78, 5) is 0. The highest BCUT2D eigenvalue weighted by Crippen LogP contribution is 2.27. The van der Waals surface area contributed by atoms with Gasteiger partial charge in [0, 0.05) is 15.5 Å². The maximum absolute atomic E-state index is 6.43. The Morgan fingerprint density at radius 1 is 1.15 bits per heavy atom. The molecule has 0 spiro atoms. The molecule has 0 heterocycles. The molecule has 2 rings (SSSR count). The third-order valence-corrected chi connectivity index (χ3v) is 4.50. The van der Waals surface area contributed by atoms with E-state index in [-0.39, 0.29) is 6.04 Å². The van der Waals surface area contributed by atoms with Crippen molar-refractivity contribution >= 4 is 27.5 Å². The van der Waals surface area contributed by atoms with Gasteiger partial charge in [-0.1, -0.05) is 70.9 Å². The second-order valence-electron chi connectivity index (χ2n) is 5.03. The highest BCUT2D eigenvalue weighted by Gasteiger charge is 2.19. The van der Waals surface area contributed by atoms with Gasteiger partial charge in [-0.15, -0.1) is 0 Å². The molecule has 0 radical (unpaired) electrons. The number of nitrogens with two attached hydrogens (primary N) is 1. The van der Waals surface area contributed by atoms with Crippen LogP contribution >= 0.6 is 27.5 Å². The van der Waals surface area contributed by atoms with E-state index in [0.717, 1.165) is 27.9 Å². The average Bonchev–Trinajstić information content (AvgIpc) is 2.44. The molecule has 0 amide bonds. The Kier molecular flexibility index (Phi) is 5.64. The van der Waals surface area contributed by atoms with E-state index in [1.807, 2.05) is 24.3 Å². The van der Waals surface area contributed by atoms with Crippen LogP contribution in [0.4, 0.5) is 0 Å². The number of halogens is 2. The van der Waals surface area contributed by atoms with Crippen LogP contribution < -0.4 is 5.73 Å². The van der Waals surface area contributed by atoms with Gasteiger partial charge in [0.05, 0.1) is 0 Å².